The summed E-state index contributed by atoms with van der Waals surface area (Å²) < 4.78 is 0. The number of rotatable bonds is 3. The van der Waals surface area contributed by atoms with E-state index in [1.165, 1.54) is 6.07 Å². The standard InChI is InChI=1S/C18H17N5O3/c24-18(17-13-5-1-2-6-14(13)19-20-17)22-11-9-21(10-12-22)15-7-3-4-8-16(15)23(25)26/h1-8H,9-12H2,(H,19,20). The molecule has 132 valence electrons. The molecule has 0 aliphatic carbocycles. The van der Waals surface area contributed by atoms with Gasteiger partial charge in [0.25, 0.3) is 11.6 Å². The van der Waals surface area contributed by atoms with E-state index in [1.54, 1.807) is 23.1 Å². The van der Waals surface area contributed by atoms with Crippen LogP contribution in [0.1, 0.15) is 10.5 Å². The van der Waals surface area contributed by atoms with Gasteiger partial charge in [0.15, 0.2) is 5.69 Å². The number of piperazine rings is 1. The van der Waals surface area contributed by atoms with Crippen LogP contribution < -0.4 is 4.90 Å². The lowest BCUT2D eigenvalue weighted by Crippen LogP contribution is -2.49. The highest BCUT2D eigenvalue weighted by molar-refractivity contribution is 6.04. The summed E-state index contributed by atoms with van der Waals surface area (Å²) in [7, 11) is 0. The molecule has 8 nitrogen and oxygen atoms in total. The van der Waals surface area contributed by atoms with Crippen molar-refractivity contribution in [3.8, 4) is 0 Å². The first-order chi connectivity index (χ1) is 12.6. The van der Waals surface area contributed by atoms with Gasteiger partial charge in [0.1, 0.15) is 5.69 Å². The minimum Gasteiger partial charge on any atom is -0.362 e. The number of nitrogens with one attached hydrogen (secondary N) is 1. The molecule has 4 rings (SSSR count). The zero-order valence-electron chi connectivity index (χ0n) is 14.0. The molecule has 0 spiro atoms. The van der Waals surface area contributed by atoms with Gasteiger partial charge in [-0.15, -0.1) is 0 Å². The lowest BCUT2D eigenvalue weighted by atomic mass is 10.1. The number of para-hydroxylation sites is 3. The van der Waals surface area contributed by atoms with Gasteiger partial charge in [-0.05, 0) is 12.1 Å². The molecule has 26 heavy (non-hydrogen) atoms. The van der Waals surface area contributed by atoms with E-state index in [-0.39, 0.29) is 16.5 Å². The molecule has 8 heteroatoms. The van der Waals surface area contributed by atoms with Crippen molar-refractivity contribution in [1.29, 1.82) is 0 Å². The number of aromatic nitrogens is 2. The van der Waals surface area contributed by atoms with Crippen LogP contribution in [0.25, 0.3) is 10.9 Å². The van der Waals surface area contributed by atoms with Crippen LogP contribution in [0.4, 0.5) is 11.4 Å². The molecule has 1 aromatic heterocycles. The van der Waals surface area contributed by atoms with E-state index in [9.17, 15) is 14.9 Å². The first-order valence-electron chi connectivity index (χ1n) is 8.36. The molecule has 1 amide bonds. The smallest absolute Gasteiger partial charge is 0.292 e. The van der Waals surface area contributed by atoms with Crippen LogP contribution in [-0.2, 0) is 0 Å². The number of anilines is 1. The molecule has 3 aromatic rings. The lowest BCUT2D eigenvalue weighted by Gasteiger charge is -2.35. The predicted molar refractivity (Wildman–Crippen MR) is 97.3 cm³/mol. The molecule has 0 saturated carbocycles. The molecule has 1 saturated heterocycles. The van der Waals surface area contributed by atoms with Crippen molar-refractivity contribution in [2.45, 2.75) is 0 Å². The van der Waals surface area contributed by atoms with Crippen LogP contribution in [-0.4, -0.2) is 52.1 Å². The van der Waals surface area contributed by atoms with Gasteiger partial charge in [-0.3, -0.25) is 20.0 Å². The highest BCUT2D eigenvalue weighted by Crippen LogP contribution is 2.28. The van der Waals surface area contributed by atoms with E-state index in [0.717, 1.165) is 10.9 Å². The summed E-state index contributed by atoms with van der Waals surface area (Å²) in [6.07, 6.45) is 0. The number of aromatic amines is 1. The van der Waals surface area contributed by atoms with Gasteiger partial charge in [0.05, 0.1) is 10.4 Å². The second kappa shape index (κ2) is 6.47. The summed E-state index contributed by atoms with van der Waals surface area (Å²) in [6, 6.07) is 14.2. The zero-order valence-corrected chi connectivity index (χ0v) is 14.0. The van der Waals surface area contributed by atoms with Gasteiger partial charge in [0.2, 0.25) is 0 Å². The number of carbonyl (C=O) groups is 1. The van der Waals surface area contributed by atoms with Crippen molar-refractivity contribution in [2.75, 3.05) is 31.1 Å². The molecule has 0 unspecified atom stereocenters. The summed E-state index contributed by atoms with van der Waals surface area (Å²) in [5, 5.41) is 19.1. The average molecular weight is 351 g/mol. The Kier molecular flexibility index (Phi) is 4.00. The lowest BCUT2D eigenvalue weighted by molar-refractivity contribution is -0.384. The zero-order chi connectivity index (χ0) is 18.1. The highest BCUT2D eigenvalue weighted by Gasteiger charge is 2.27. The van der Waals surface area contributed by atoms with Crippen molar-refractivity contribution in [2.24, 2.45) is 0 Å². The van der Waals surface area contributed by atoms with E-state index in [0.29, 0.717) is 37.6 Å². The summed E-state index contributed by atoms with van der Waals surface area (Å²) in [5.41, 5.74) is 1.93. The van der Waals surface area contributed by atoms with Crippen LogP contribution in [0.2, 0.25) is 0 Å². The first kappa shape index (κ1) is 16.1. The summed E-state index contributed by atoms with van der Waals surface area (Å²) in [5.74, 6) is -0.121. The third-order valence-corrected chi connectivity index (χ3v) is 4.66. The van der Waals surface area contributed by atoms with E-state index in [1.807, 2.05) is 29.2 Å². The predicted octanol–water partition coefficient (Wildman–Crippen LogP) is 2.43. The number of nitro benzene ring substituents is 1. The number of hydrogen-bond acceptors (Lipinski definition) is 5. The van der Waals surface area contributed by atoms with Crippen molar-refractivity contribution in [3.63, 3.8) is 0 Å². The fraction of sp³-hybridized carbons (Fsp3) is 0.222. The topological polar surface area (TPSA) is 95.4 Å². The van der Waals surface area contributed by atoms with Gasteiger partial charge < -0.3 is 9.80 Å². The average Bonchev–Trinajstić information content (AvgIpc) is 3.11. The Bertz CT molecular complexity index is 976. The maximum Gasteiger partial charge on any atom is 0.292 e. The van der Waals surface area contributed by atoms with E-state index < -0.39 is 0 Å². The van der Waals surface area contributed by atoms with Crippen molar-refractivity contribution < 1.29 is 9.72 Å². The number of H-pyrrole nitrogens is 1. The molecule has 1 aliphatic rings. The number of hydrogen-bond donors (Lipinski definition) is 1. The van der Waals surface area contributed by atoms with Gasteiger partial charge in [0, 0.05) is 37.6 Å². The highest BCUT2D eigenvalue weighted by atomic mass is 16.6. The number of fused-ring (bicyclic) bond motifs is 1. The normalized spacial score (nSPS) is 14.6. The molecule has 1 fully saturated rings. The molecular weight excluding hydrogens is 334 g/mol. The maximum absolute atomic E-state index is 12.8. The van der Waals surface area contributed by atoms with Crippen molar-refractivity contribution >= 4 is 28.2 Å². The Morgan fingerprint density at radius 3 is 2.50 bits per heavy atom. The monoisotopic (exact) mass is 351 g/mol. The molecule has 1 N–H and O–H groups in total. The number of carbonyl (C=O) groups excluding carboxylic acids is 1. The Hall–Kier alpha value is -3.42. The van der Waals surface area contributed by atoms with Crippen LogP contribution >= 0.6 is 0 Å². The number of nitro groups is 1. The molecule has 2 aromatic carbocycles. The Morgan fingerprint density at radius 2 is 1.73 bits per heavy atom. The third kappa shape index (κ3) is 2.75. The van der Waals surface area contributed by atoms with Gasteiger partial charge >= 0.3 is 0 Å². The minimum absolute atomic E-state index is 0.0885. The van der Waals surface area contributed by atoms with Gasteiger partial charge in [-0.2, -0.15) is 5.10 Å². The minimum atomic E-state index is -0.372. The van der Waals surface area contributed by atoms with E-state index in [2.05, 4.69) is 10.2 Å². The fourth-order valence-corrected chi connectivity index (χ4v) is 3.31. The largest absolute Gasteiger partial charge is 0.362 e. The number of amides is 1. The quantitative estimate of drug-likeness (QED) is 0.577. The Labute approximate surface area is 149 Å². The third-order valence-electron chi connectivity index (χ3n) is 4.66. The van der Waals surface area contributed by atoms with Crippen LogP contribution in [0.15, 0.2) is 48.5 Å². The number of benzene rings is 2. The van der Waals surface area contributed by atoms with Crippen molar-refractivity contribution in [1.82, 2.24) is 15.1 Å². The van der Waals surface area contributed by atoms with Gasteiger partial charge in [-0.25, -0.2) is 0 Å². The second-order valence-corrected chi connectivity index (χ2v) is 6.14. The molecular formula is C18H17N5O3. The SMILES string of the molecule is O=C(c1n[nH]c2ccccc12)N1CCN(c2ccccc2[N+](=O)[O-])CC1. The van der Waals surface area contributed by atoms with Crippen LogP contribution in [0.3, 0.4) is 0 Å². The summed E-state index contributed by atoms with van der Waals surface area (Å²) >= 11 is 0. The maximum atomic E-state index is 12.8. The second-order valence-electron chi connectivity index (χ2n) is 6.14. The fourth-order valence-electron chi connectivity index (χ4n) is 3.31. The molecule has 1 aliphatic heterocycles. The van der Waals surface area contributed by atoms with E-state index in [4.69, 9.17) is 0 Å². The molecule has 0 bridgehead atoms. The molecule has 0 radical (unpaired) electrons. The summed E-state index contributed by atoms with van der Waals surface area (Å²) in [6.45, 7) is 2.07. The van der Waals surface area contributed by atoms with Crippen LogP contribution in [0.5, 0.6) is 0 Å². The Balaban J connectivity index is 1.50. The van der Waals surface area contributed by atoms with E-state index >= 15 is 0 Å². The number of nitrogens with zero attached hydrogens (tertiary/aromatic N) is 4. The van der Waals surface area contributed by atoms with Gasteiger partial charge in [-0.1, -0.05) is 30.3 Å². The first-order valence-corrected chi connectivity index (χ1v) is 8.36. The summed E-state index contributed by atoms with van der Waals surface area (Å²) in [4.78, 5) is 27.3. The Morgan fingerprint density at radius 1 is 1.04 bits per heavy atom. The molecule has 2 heterocycles. The van der Waals surface area contributed by atoms with Crippen LogP contribution in [0, 0.1) is 10.1 Å². The van der Waals surface area contributed by atoms with Crippen molar-refractivity contribution in [3.05, 3.63) is 64.3 Å². The molecule has 0 atom stereocenters.